The van der Waals surface area contributed by atoms with E-state index in [2.05, 4.69) is 15.3 Å². The van der Waals surface area contributed by atoms with Crippen LogP contribution in [0.25, 0.3) is 0 Å². The quantitative estimate of drug-likeness (QED) is 0.594. The number of rotatable bonds is 7. The van der Waals surface area contributed by atoms with E-state index in [9.17, 15) is 9.59 Å². The number of benzene rings is 1. The van der Waals surface area contributed by atoms with Crippen LogP contribution < -0.4 is 15.6 Å². The van der Waals surface area contributed by atoms with Crippen LogP contribution in [0, 0.1) is 0 Å². The van der Waals surface area contributed by atoms with Crippen LogP contribution in [0.1, 0.15) is 32.4 Å². The molecule has 0 spiro atoms. The summed E-state index contributed by atoms with van der Waals surface area (Å²) in [6.07, 6.45) is 0. The molecule has 0 bridgehead atoms. The van der Waals surface area contributed by atoms with E-state index in [1.165, 1.54) is 17.8 Å². The number of para-hydroxylation sites is 2. The van der Waals surface area contributed by atoms with E-state index >= 15 is 0 Å². The third kappa shape index (κ3) is 5.13. The van der Waals surface area contributed by atoms with Crippen LogP contribution in [0.3, 0.4) is 0 Å². The van der Waals surface area contributed by atoms with Gasteiger partial charge in [-0.1, -0.05) is 37.7 Å². The van der Waals surface area contributed by atoms with Crippen molar-refractivity contribution in [3.63, 3.8) is 0 Å². The zero-order chi connectivity index (χ0) is 17.5. The first-order valence-corrected chi connectivity index (χ1v) is 8.74. The van der Waals surface area contributed by atoms with Crippen LogP contribution in [0.2, 0.25) is 0 Å². The molecule has 1 aromatic carbocycles. The summed E-state index contributed by atoms with van der Waals surface area (Å²) in [4.78, 5) is 30.8. The number of thioether (sulfide) groups is 1. The molecule has 1 aromatic heterocycles. The fourth-order valence-corrected chi connectivity index (χ4v) is 2.67. The predicted octanol–water partition coefficient (Wildman–Crippen LogP) is 3.02. The lowest BCUT2D eigenvalue weighted by molar-refractivity contribution is -0.113. The Morgan fingerprint density at radius 1 is 1.38 bits per heavy atom. The smallest absolute Gasteiger partial charge is 0.251 e. The largest absolute Gasteiger partial charge is 0.492 e. The predicted molar refractivity (Wildman–Crippen MR) is 95.9 cm³/mol. The summed E-state index contributed by atoms with van der Waals surface area (Å²) in [5.41, 5.74) is 1.13. The minimum absolute atomic E-state index is 0.144. The van der Waals surface area contributed by atoms with Gasteiger partial charge in [0.1, 0.15) is 5.75 Å². The van der Waals surface area contributed by atoms with Gasteiger partial charge in [0.2, 0.25) is 5.91 Å². The number of aromatic nitrogens is 2. The second kappa shape index (κ2) is 8.54. The molecule has 0 aliphatic heterocycles. The SMILES string of the molecule is CCOc1ccccc1NC(=O)CSc1nc(C(C)C)cc(=O)[nH]1. The topological polar surface area (TPSA) is 84.1 Å². The van der Waals surface area contributed by atoms with Crippen LogP contribution in [0.15, 0.2) is 40.3 Å². The highest BCUT2D eigenvalue weighted by Gasteiger charge is 2.10. The molecule has 2 aromatic rings. The van der Waals surface area contributed by atoms with Crippen LogP contribution in [0.4, 0.5) is 5.69 Å². The van der Waals surface area contributed by atoms with Crippen molar-refractivity contribution >= 4 is 23.4 Å². The summed E-state index contributed by atoms with van der Waals surface area (Å²) in [7, 11) is 0. The molecule has 0 saturated heterocycles. The molecule has 0 atom stereocenters. The van der Waals surface area contributed by atoms with Crippen molar-refractivity contribution in [3.05, 3.63) is 46.4 Å². The van der Waals surface area contributed by atoms with Gasteiger partial charge in [-0.25, -0.2) is 4.98 Å². The number of nitrogens with one attached hydrogen (secondary N) is 2. The summed E-state index contributed by atoms with van der Waals surface area (Å²) in [5, 5.41) is 3.26. The number of anilines is 1. The first kappa shape index (κ1) is 18.1. The lowest BCUT2D eigenvalue weighted by atomic mass is 10.1. The Balaban J connectivity index is 2.00. The van der Waals surface area contributed by atoms with Gasteiger partial charge in [0.25, 0.3) is 5.56 Å². The fraction of sp³-hybridized carbons (Fsp3) is 0.353. The third-order valence-corrected chi connectivity index (χ3v) is 4.01. The molecule has 0 fully saturated rings. The highest BCUT2D eigenvalue weighted by Crippen LogP contribution is 2.24. The number of H-pyrrole nitrogens is 1. The van der Waals surface area contributed by atoms with Gasteiger partial charge in [-0.05, 0) is 25.0 Å². The summed E-state index contributed by atoms with van der Waals surface area (Å²) in [6, 6.07) is 8.75. The van der Waals surface area contributed by atoms with E-state index < -0.39 is 0 Å². The van der Waals surface area contributed by atoms with Gasteiger partial charge < -0.3 is 15.0 Å². The second-order valence-electron chi connectivity index (χ2n) is 5.40. The molecule has 0 saturated carbocycles. The Labute approximate surface area is 145 Å². The molecule has 0 aliphatic rings. The van der Waals surface area contributed by atoms with Crippen molar-refractivity contribution in [3.8, 4) is 5.75 Å². The lowest BCUT2D eigenvalue weighted by Gasteiger charge is -2.11. The van der Waals surface area contributed by atoms with Gasteiger partial charge in [-0.15, -0.1) is 0 Å². The summed E-state index contributed by atoms with van der Waals surface area (Å²) >= 11 is 1.19. The molecule has 128 valence electrons. The van der Waals surface area contributed by atoms with Gasteiger partial charge in [-0.2, -0.15) is 0 Å². The molecule has 0 unspecified atom stereocenters. The minimum atomic E-state index is -0.210. The maximum Gasteiger partial charge on any atom is 0.251 e. The first-order valence-electron chi connectivity index (χ1n) is 7.75. The highest BCUT2D eigenvalue weighted by atomic mass is 32.2. The fourth-order valence-electron chi connectivity index (χ4n) is 1.99. The van der Waals surface area contributed by atoms with Crippen molar-refractivity contribution in [2.75, 3.05) is 17.7 Å². The molecular weight excluding hydrogens is 326 g/mol. The number of ether oxygens (including phenoxy) is 1. The molecule has 24 heavy (non-hydrogen) atoms. The normalized spacial score (nSPS) is 10.7. The number of hydrogen-bond donors (Lipinski definition) is 2. The minimum Gasteiger partial charge on any atom is -0.492 e. The van der Waals surface area contributed by atoms with Crippen LogP contribution in [0.5, 0.6) is 5.75 Å². The number of nitrogens with zero attached hydrogens (tertiary/aromatic N) is 1. The Morgan fingerprint density at radius 2 is 2.12 bits per heavy atom. The van der Waals surface area contributed by atoms with E-state index in [1.807, 2.05) is 32.9 Å². The Bertz CT molecular complexity index is 759. The average molecular weight is 347 g/mol. The van der Waals surface area contributed by atoms with E-state index in [0.717, 1.165) is 0 Å². The second-order valence-corrected chi connectivity index (χ2v) is 6.36. The standard InChI is InChI=1S/C17H21N3O3S/c1-4-23-14-8-6-5-7-12(14)18-16(22)10-24-17-19-13(11(2)3)9-15(21)20-17/h5-9,11H,4,10H2,1-3H3,(H,18,22)(H,19,20,21). The lowest BCUT2D eigenvalue weighted by Crippen LogP contribution is -2.16. The summed E-state index contributed by atoms with van der Waals surface area (Å²) in [5.74, 6) is 0.736. The molecule has 0 aliphatic carbocycles. The number of carbonyl (C=O) groups excluding carboxylic acids is 1. The molecule has 1 amide bonds. The van der Waals surface area contributed by atoms with Crippen LogP contribution in [-0.2, 0) is 4.79 Å². The molecule has 2 N–H and O–H groups in total. The van der Waals surface area contributed by atoms with Gasteiger partial charge in [0, 0.05) is 6.07 Å². The Kier molecular flexibility index (Phi) is 6.43. The number of amides is 1. The van der Waals surface area contributed by atoms with Gasteiger partial charge in [0.15, 0.2) is 5.16 Å². The maximum atomic E-state index is 12.1. The van der Waals surface area contributed by atoms with E-state index in [4.69, 9.17) is 4.74 Å². The van der Waals surface area contributed by atoms with E-state index in [-0.39, 0.29) is 23.1 Å². The number of carbonyl (C=O) groups is 1. The van der Waals surface area contributed by atoms with Crippen molar-refractivity contribution in [2.45, 2.75) is 31.8 Å². The van der Waals surface area contributed by atoms with Crippen molar-refractivity contribution in [2.24, 2.45) is 0 Å². The van der Waals surface area contributed by atoms with Gasteiger partial charge in [0.05, 0.1) is 23.7 Å². The monoisotopic (exact) mass is 347 g/mol. The number of aromatic amines is 1. The Morgan fingerprint density at radius 3 is 2.83 bits per heavy atom. The van der Waals surface area contributed by atoms with Crippen LogP contribution in [-0.4, -0.2) is 28.2 Å². The van der Waals surface area contributed by atoms with E-state index in [0.29, 0.717) is 28.9 Å². The molecule has 7 heteroatoms. The van der Waals surface area contributed by atoms with Gasteiger partial charge >= 0.3 is 0 Å². The van der Waals surface area contributed by atoms with E-state index in [1.54, 1.807) is 12.1 Å². The number of hydrogen-bond acceptors (Lipinski definition) is 5. The Hall–Kier alpha value is -2.28. The molecule has 2 rings (SSSR count). The maximum absolute atomic E-state index is 12.1. The van der Waals surface area contributed by atoms with Gasteiger partial charge in [-0.3, -0.25) is 9.59 Å². The summed E-state index contributed by atoms with van der Waals surface area (Å²) in [6.45, 7) is 6.34. The molecule has 0 radical (unpaired) electrons. The zero-order valence-electron chi connectivity index (χ0n) is 14.0. The van der Waals surface area contributed by atoms with Crippen molar-refractivity contribution in [1.82, 2.24) is 9.97 Å². The van der Waals surface area contributed by atoms with Crippen molar-refractivity contribution in [1.29, 1.82) is 0 Å². The third-order valence-electron chi connectivity index (χ3n) is 3.13. The zero-order valence-corrected chi connectivity index (χ0v) is 14.8. The summed E-state index contributed by atoms with van der Waals surface area (Å²) < 4.78 is 5.48. The van der Waals surface area contributed by atoms with Crippen LogP contribution >= 0.6 is 11.8 Å². The highest BCUT2D eigenvalue weighted by molar-refractivity contribution is 7.99. The molecular formula is C17H21N3O3S. The molecule has 1 heterocycles. The average Bonchev–Trinajstić information content (AvgIpc) is 2.54. The molecule has 6 nitrogen and oxygen atoms in total. The van der Waals surface area contributed by atoms with Crippen molar-refractivity contribution < 1.29 is 9.53 Å². The first-order chi connectivity index (χ1) is 11.5.